The van der Waals surface area contributed by atoms with Gasteiger partial charge in [0.05, 0.1) is 36.5 Å². The Morgan fingerprint density at radius 3 is 2.44 bits per heavy atom. The maximum Gasteiger partial charge on any atom is 0.323 e. The van der Waals surface area contributed by atoms with Gasteiger partial charge in [0.1, 0.15) is 5.82 Å². The maximum atomic E-state index is 12.4. The number of fused-ring (bicyclic) bond motifs is 1. The van der Waals surface area contributed by atoms with Crippen LogP contribution in [0.15, 0.2) is 48.8 Å². The number of nitrogens with zero attached hydrogens (tertiary/aromatic N) is 4. The molecule has 1 fully saturated rings. The lowest BCUT2D eigenvalue weighted by atomic mass is 10.1. The summed E-state index contributed by atoms with van der Waals surface area (Å²) >= 11 is 0. The number of pyridine rings is 1. The highest BCUT2D eigenvalue weighted by Gasteiger charge is 2.34. The zero-order valence-electron chi connectivity index (χ0n) is 18.6. The van der Waals surface area contributed by atoms with Crippen LogP contribution in [0.2, 0.25) is 0 Å². The molecule has 0 saturated carbocycles. The van der Waals surface area contributed by atoms with E-state index in [1.807, 2.05) is 6.92 Å². The molecule has 0 radical (unpaired) electrons. The van der Waals surface area contributed by atoms with E-state index in [1.54, 1.807) is 48.8 Å². The normalized spacial score (nSPS) is 18.9. The number of nitrogens with one attached hydrogen (secondary N) is 2. The highest BCUT2D eigenvalue weighted by Crippen LogP contribution is 2.34. The Kier molecular flexibility index (Phi) is 5.88. The van der Waals surface area contributed by atoms with Gasteiger partial charge in [-0.05, 0) is 43.3 Å². The zero-order chi connectivity index (χ0) is 23.7. The fraction of sp³-hybridized carbons (Fsp3) is 0.304. The molecule has 34 heavy (non-hydrogen) atoms. The van der Waals surface area contributed by atoms with Gasteiger partial charge in [0.15, 0.2) is 15.7 Å². The Bertz CT molecular complexity index is 1320. The van der Waals surface area contributed by atoms with Gasteiger partial charge >= 0.3 is 6.03 Å². The van der Waals surface area contributed by atoms with Crippen molar-refractivity contribution in [3.05, 3.63) is 60.0 Å². The van der Waals surface area contributed by atoms with Crippen LogP contribution in [0.4, 0.5) is 22.0 Å². The second-order valence-corrected chi connectivity index (χ2v) is 10.4. The van der Waals surface area contributed by atoms with Crippen molar-refractivity contribution < 1.29 is 17.9 Å². The van der Waals surface area contributed by atoms with Crippen molar-refractivity contribution in [3.63, 3.8) is 0 Å². The molecule has 0 bridgehead atoms. The zero-order valence-corrected chi connectivity index (χ0v) is 19.4. The Morgan fingerprint density at radius 2 is 1.74 bits per heavy atom. The van der Waals surface area contributed by atoms with E-state index >= 15 is 0 Å². The van der Waals surface area contributed by atoms with Crippen molar-refractivity contribution in [3.8, 4) is 11.4 Å². The van der Waals surface area contributed by atoms with Gasteiger partial charge in [0.25, 0.3) is 0 Å². The molecule has 2 amide bonds. The number of aromatic nitrogens is 3. The Hall–Kier alpha value is -3.57. The van der Waals surface area contributed by atoms with E-state index in [2.05, 4.69) is 25.5 Å². The van der Waals surface area contributed by atoms with Crippen LogP contribution in [-0.2, 0) is 26.1 Å². The van der Waals surface area contributed by atoms with Crippen LogP contribution in [0.1, 0.15) is 18.2 Å². The number of amides is 2. The summed E-state index contributed by atoms with van der Waals surface area (Å²) in [6.45, 7) is 3.80. The van der Waals surface area contributed by atoms with E-state index in [9.17, 15) is 13.2 Å². The minimum absolute atomic E-state index is 0.0442. The minimum Gasteiger partial charge on any atom is -0.377 e. The fourth-order valence-electron chi connectivity index (χ4n) is 4.10. The molecule has 10 nitrogen and oxygen atoms in total. The first-order valence-electron chi connectivity index (χ1n) is 10.9. The van der Waals surface area contributed by atoms with Crippen molar-refractivity contribution >= 4 is 33.1 Å². The van der Waals surface area contributed by atoms with E-state index in [4.69, 9.17) is 9.72 Å². The van der Waals surface area contributed by atoms with Gasteiger partial charge in [-0.25, -0.2) is 23.2 Å². The molecule has 2 N–H and O–H groups in total. The van der Waals surface area contributed by atoms with Crippen molar-refractivity contribution in [1.29, 1.82) is 0 Å². The summed E-state index contributed by atoms with van der Waals surface area (Å²) in [7, 11) is -3.25. The molecule has 3 aromatic rings. The first-order valence-corrected chi connectivity index (χ1v) is 12.7. The lowest BCUT2D eigenvalue weighted by molar-refractivity contribution is 0.0984. The number of hydrogen-bond donors (Lipinski definition) is 2. The Morgan fingerprint density at radius 1 is 1.03 bits per heavy atom. The number of rotatable bonds is 4. The van der Waals surface area contributed by atoms with Crippen LogP contribution in [0.3, 0.4) is 0 Å². The summed E-state index contributed by atoms with van der Waals surface area (Å²) in [5.74, 6) is 0.990. The van der Waals surface area contributed by atoms with E-state index in [0.29, 0.717) is 54.0 Å². The fourth-order valence-corrected chi connectivity index (χ4v) is 5.60. The molecule has 2 aliphatic heterocycles. The average Bonchev–Trinajstić information content (AvgIpc) is 3.14. The lowest BCUT2D eigenvalue weighted by Crippen LogP contribution is -2.44. The summed E-state index contributed by atoms with van der Waals surface area (Å²) in [4.78, 5) is 27.6. The third-order valence-corrected chi connectivity index (χ3v) is 7.21. The van der Waals surface area contributed by atoms with Gasteiger partial charge in [-0.15, -0.1) is 0 Å². The molecule has 4 heterocycles. The standard InChI is InChI=1S/C23H24N6O4S/c1-15-12-33-11-10-29(15)22-19-13-34(31,32)14-20(19)27-21(28-22)16-2-4-17(5-3-16)25-23(30)26-18-6-8-24-9-7-18/h2-9,15H,10-14H2,1H3,(H2,24,25,26,30)/t15-/m0/s1. The van der Waals surface area contributed by atoms with Crippen LogP contribution in [0.5, 0.6) is 0 Å². The van der Waals surface area contributed by atoms with Crippen molar-refractivity contribution in [2.75, 3.05) is 35.3 Å². The number of sulfone groups is 1. The number of urea groups is 1. The maximum absolute atomic E-state index is 12.4. The summed E-state index contributed by atoms with van der Waals surface area (Å²) in [6.07, 6.45) is 3.19. The number of anilines is 3. The largest absolute Gasteiger partial charge is 0.377 e. The minimum atomic E-state index is -3.25. The van der Waals surface area contributed by atoms with Gasteiger partial charge < -0.3 is 20.3 Å². The molecule has 1 saturated heterocycles. The summed E-state index contributed by atoms with van der Waals surface area (Å²) in [6, 6.07) is 10.2. The molecule has 0 unspecified atom stereocenters. The van der Waals surface area contributed by atoms with Crippen LogP contribution < -0.4 is 15.5 Å². The van der Waals surface area contributed by atoms with E-state index < -0.39 is 9.84 Å². The molecule has 1 aromatic carbocycles. The predicted octanol–water partition coefficient (Wildman–Crippen LogP) is 2.84. The first-order chi connectivity index (χ1) is 16.4. The quantitative estimate of drug-likeness (QED) is 0.584. The molecule has 0 spiro atoms. The molecule has 2 aliphatic rings. The lowest BCUT2D eigenvalue weighted by Gasteiger charge is -2.35. The third kappa shape index (κ3) is 4.70. The molecule has 11 heteroatoms. The average molecular weight is 481 g/mol. The molecular weight excluding hydrogens is 456 g/mol. The molecular formula is C23H24N6O4S. The Balaban J connectivity index is 1.40. The molecule has 176 valence electrons. The van der Waals surface area contributed by atoms with Crippen molar-refractivity contribution in [1.82, 2.24) is 15.0 Å². The van der Waals surface area contributed by atoms with Crippen LogP contribution >= 0.6 is 0 Å². The molecule has 2 aromatic heterocycles. The number of hydrogen-bond acceptors (Lipinski definition) is 8. The molecule has 1 atom stereocenters. The number of carbonyl (C=O) groups is 1. The monoisotopic (exact) mass is 480 g/mol. The van der Waals surface area contributed by atoms with Gasteiger partial charge in [0.2, 0.25) is 0 Å². The van der Waals surface area contributed by atoms with Gasteiger partial charge in [-0.3, -0.25) is 4.98 Å². The summed E-state index contributed by atoms with van der Waals surface area (Å²) in [5, 5.41) is 5.51. The molecule has 5 rings (SSSR count). The number of morpholine rings is 1. The smallest absolute Gasteiger partial charge is 0.323 e. The van der Waals surface area contributed by atoms with Gasteiger partial charge in [-0.2, -0.15) is 0 Å². The van der Waals surface area contributed by atoms with Crippen LogP contribution in [-0.4, -0.2) is 55.2 Å². The van der Waals surface area contributed by atoms with Gasteiger partial charge in [-0.1, -0.05) is 0 Å². The number of benzene rings is 1. The summed E-state index contributed by atoms with van der Waals surface area (Å²) < 4.78 is 30.3. The number of carbonyl (C=O) groups excluding carboxylic acids is 1. The van der Waals surface area contributed by atoms with Crippen molar-refractivity contribution in [2.45, 2.75) is 24.5 Å². The van der Waals surface area contributed by atoms with E-state index in [0.717, 1.165) is 5.56 Å². The van der Waals surface area contributed by atoms with Crippen LogP contribution in [0, 0.1) is 0 Å². The van der Waals surface area contributed by atoms with E-state index in [1.165, 1.54) is 0 Å². The number of ether oxygens (including phenoxy) is 1. The predicted molar refractivity (Wildman–Crippen MR) is 128 cm³/mol. The SMILES string of the molecule is C[C@H]1COCCN1c1nc(-c2ccc(NC(=O)Nc3ccncc3)cc2)nc2c1CS(=O)(=O)C2. The Labute approximate surface area is 197 Å². The second kappa shape index (κ2) is 8.99. The van der Waals surface area contributed by atoms with Crippen LogP contribution in [0.25, 0.3) is 11.4 Å². The topological polar surface area (TPSA) is 126 Å². The highest BCUT2D eigenvalue weighted by atomic mass is 32.2. The molecule has 0 aliphatic carbocycles. The summed E-state index contributed by atoms with van der Waals surface area (Å²) in [5.41, 5.74) is 3.20. The highest BCUT2D eigenvalue weighted by molar-refractivity contribution is 7.90. The third-order valence-electron chi connectivity index (χ3n) is 5.77. The second-order valence-electron chi connectivity index (χ2n) is 8.34. The van der Waals surface area contributed by atoms with Gasteiger partial charge in [0, 0.05) is 41.4 Å². The van der Waals surface area contributed by atoms with Crippen molar-refractivity contribution in [2.24, 2.45) is 0 Å². The first kappa shape index (κ1) is 22.2. The van der Waals surface area contributed by atoms with E-state index in [-0.39, 0.29) is 23.6 Å².